The third kappa shape index (κ3) is 6.04. The maximum Gasteiger partial charge on any atom is 0.251 e. The molecule has 2 N–H and O–H groups in total. The number of amides is 2. The number of nitrogens with one attached hydrogen (secondary N) is 2. The molecule has 0 heterocycles. The zero-order valence-corrected chi connectivity index (χ0v) is 16.3. The highest BCUT2D eigenvalue weighted by Crippen LogP contribution is 2.21. The van der Waals surface area contributed by atoms with Crippen LogP contribution in [-0.2, 0) is 6.42 Å². The van der Waals surface area contributed by atoms with Gasteiger partial charge in [0.2, 0.25) is 0 Å². The van der Waals surface area contributed by atoms with Crippen LogP contribution >= 0.6 is 23.2 Å². The molecule has 0 bridgehead atoms. The van der Waals surface area contributed by atoms with Crippen LogP contribution in [0.1, 0.15) is 40.1 Å². The standard InChI is InChI=1S/C20H22Cl2N2O2/c1-13(2)12-24-20(26)16-5-3-15(4-6-16)19(25)23-10-9-14-7-8-17(21)11-18(14)22/h3-8,11,13H,9-10,12H2,1-2H3,(H,23,25)(H,24,26). The largest absolute Gasteiger partial charge is 0.352 e. The molecule has 6 heteroatoms. The van der Waals surface area contributed by atoms with Gasteiger partial charge in [-0.15, -0.1) is 0 Å². The van der Waals surface area contributed by atoms with Crippen LogP contribution in [0, 0.1) is 5.92 Å². The van der Waals surface area contributed by atoms with Crippen LogP contribution in [0.5, 0.6) is 0 Å². The molecule has 138 valence electrons. The fourth-order valence-electron chi connectivity index (χ4n) is 2.31. The summed E-state index contributed by atoms with van der Waals surface area (Å²) in [6.07, 6.45) is 0.609. The number of carbonyl (C=O) groups excluding carboxylic acids is 2. The lowest BCUT2D eigenvalue weighted by Gasteiger charge is -2.09. The molecule has 0 unspecified atom stereocenters. The van der Waals surface area contributed by atoms with Crippen molar-refractivity contribution in [2.75, 3.05) is 13.1 Å². The van der Waals surface area contributed by atoms with Gasteiger partial charge in [0.1, 0.15) is 0 Å². The van der Waals surface area contributed by atoms with E-state index in [0.717, 1.165) is 5.56 Å². The number of benzene rings is 2. The van der Waals surface area contributed by atoms with Gasteiger partial charge >= 0.3 is 0 Å². The first-order chi connectivity index (χ1) is 12.4. The van der Waals surface area contributed by atoms with E-state index in [1.807, 2.05) is 19.9 Å². The van der Waals surface area contributed by atoms with Gasteiger partial charge in [-0.1, -0.05) is 43.1 Å². The Kier molecular flexibility index (Phi) is 7.49. The summed E-state index contributed by atoms with van der Waals surface area (Å²) in [7, 11) is 0. The predicted octanol–water partition coefficient (Wildman–Crippen LogP) is 4.35. The summed E-state index contributed by atoms with van der Waals surface area (Å²) in [4.78, 5) is 24.2. The predicted molar refractivity (Wildman–Crippen MR) is 106 cm³/mol. The van der Waals surface area contributed by atoms with Crippen molar-refractivity contribution >= 4 is 35.0 Å². The second-order valence-electron chi connectivity index (χ2n) is 6.42. The molecule has 0 spiro atoms. The maximum atomic E-state index is 12.2. The third-order valence-electron chi connectivity index (χ3n) is 3.78. The van der Waals surface area contributed by atoms with Crippen molar-refractivity contribution in [2.45, 2.75) is 20.3 Å². The molecule has 2 rings (SSSR count). The van der Waals surface area contributed by atoms with E-state index >= 15 is 0 Å². The minimum absolute atomic E-state index is 0.136. The summed E-state index contributed by atoms with van der Waals surface area (Å²) >= 11 is 12.0. The fourth-order valence-corrected chi connectivity index (χ4v) is 2.81. The van der Waals surface area contributed by atoms with Crippen molar-refractivity contribution < 1.29 is 9.59 Å². The second-order valence-corrected chi connectivity index (χ2v) is 7.27. The van der Waals surface area contributed by atoms with Crippen LogP contribution in [0.3, 0.4) is 0 Å². The highest BCUT2D eigenvalue weighted by molar-refractivity contribution is 6.35. The minimum Gasteiger partial charge on any atom is -0.352 e. The van der Waals surface area contributed by atoms with E-state index in [4.69, 9.17) is 23.2 Å². The molecular weight excluding hydrogens is 371 g/mol. The van der Waals surface area contributed by atoms with Gasteiger partial charge in [-0.2, -0.15) is 0 Å². The van der Waals surface area contributed by atoms with Crippen LogP contribution in [0.15, 0.2) is 42.5 Å². The van der Waals surface area contributed by atoms with E-state index in [9.17, 15) is 9.59 Å². The van der Waals surface area contributed by atoms with Crippen LogP contribution in [-0.4, -0.2) is 24.9 Å². The van der Waals surface area contributed by atoms with Gasteiger partial charge in [0, 0.05) is 34.3 Å². The zero-order chi connectivity index (χ0) is 19.1. The van der Waals surface area contributed by atoms with Crippen LogP contribution in [0.4, 0.5) is 0 Å². The lowest BCUT2D eigenvalue weighted by Crippen LogP contribution is -2.28. The molecule has 0 aliphatic heterocycles. The lowest BCUT2D eigenvalue weighted by molar-refractivity contribution is 0.0939. The van der Waals surface area contributed by atoms with Crippen LogP contribution < -0.4 is 10.6 Å². The molecule has 0 radical (unpaired) electrons. The van der Waals surface area contributed by atoms with Gasteiger partial charge < -0.3 is 10.6 Å². The second kappa shape index (κ2) is 9.60. The van der Waals surface area contributed by atoms with Crippen molar-refractivity contribution in [1.29, 1.82) is 0 Å². The summed E-state index contributed by atoms with van der Waals surface area (Å²) in [6, 6.07) is 11.9. The zero-order valence-electron chi connectivity index (χ0n) is 14.8. The molecular formula is C20H22Cl2N2O2. The van der Waals surface area contributed by atoms with Crippen molar-refractivity contribution in [3.63, 3.8) is 0 Å². The van der Waals surface area contributed by atoms with Gasteiger partial charge in [0.15, 0.2) is 0 Å². The summed E-state index contributed by atoms with van der Waals surface area (Å²) < 4.78 is 0. The average Bonchev–Trinajstić information content (AvgIpc) is 2.61. The van der Waals surface area contributed by atoms with E-state index in [-0.39, 0.29) is 11.8 Å². The van der Waals surface area contributed by atoms with E-state index in [2.05, 4.69) is 10.6 Å². The molecule has 0 fully saturated rings. The number of hydrogen-bond acceptors (Lipinski definition) is 2. The Morgan fingerprint density at radius 2 is 1.50 bits per heavy atom. The van der Waals surface area contributed by atoms with Gasteiger partial charge in [-0.25, -0.2) is 0 Å². The first-order valence-electron chi connectivity index (χ1n) is 8.47. The smallest absolute Gasteiger partial charge is 0.251 e. The van der Waals surface area contributed by atoms with Gasteiger partial charge in [0.25, 0.3) is 11.8 Å². The van der Waals surface area contributed by atoms with Crippen molar-refractivity contribution in [2.24, 2.45) is 5.92 Å². The molecule has 0 aromatic heterocycles. The van der Waals surface area contributed by atoms with Gasteiger partial charge in [-0.3, -0.25) is 9.59 Å². The van der Waals surface area contributed by atoms with E-state index in [1.165, 1.54) is 0 Å². The topological polar surface area (TPSA) is 58.2 Å². The molecule has 2 aromatic rings. The van der Waals surface area contributed by atoms with E-state index in [1.54, 1.807) is 36.4 Å². The molecule has 2 amide bonds. The molecule has 2 aromatic carbocycles. The number of carbonyl (C=O) groups is 2. The summed E-state index contributed by atoms with van der Waals surface area (Å²) in [5, 5.41) is 6.86. The Hall–Kier alpha value is -2.04. The van der Waals surface area contributed by atoms with Crippen LogP contribution in [0.2, 0.25) is 10.0 Å². The molecule has 0 aliphatic carbocycles. The summed E-state index contributed by atoms with van der Waals surface area (Å²) in [5.41, 5.74) is 1.97. The van der Waals surface area contributed by atoms with E-state index in [0.29, 0.717) is 46.6 Å². The first-order valence-corrected chi connectivity index (χ1v) is 9.23. The Morgan fingerprint density at radius 1 is 0.923 bits per heavy atom. The molecule has 26 heavy (non-hydrogen) atoms. The monoisotopic (exact) mass is 392 g/mol. The van der Waals surface area contributed by atoms with Gasteiger partial charge in [0.05, 0.1) is 0 Å². The number of rotatable bonds is 7. The minimum atomic E-state index is -0.191. The van der Waals surface area contributed by atoms with E-state index < -0.39 is 0 Å². The average molecular weight is 393 g/mol. The Labute approximate surface area is 163 Å². The molecule has 0 atom stereocenters. The maximum absolute atomic E-state index is 12.2. The SMILES string of the molecule is CC(C)CNC(=O)c1ccc(C(=O)NCCc2ccc(Cl)cc2Cl)cc1. The van der Waals surface area contributed by atoms with Crippen molar-refractivity contribution in [3.8, 4) is 0 Å². The first kappa shape index (κ1) is 20.3. The third-order valence-corrected chi connectivity index (χ3v) is 4.36. The van der Waals surface area contributed by atoms with Gasteiger partial charge in [-0.05, 0) is 54.3 Å². The highest BCUT2D eigenvalue weighted by Gasteiger charge is 2.09. The highest BCUT2D eigenvalue weighted by atomic mass is 35.5. The molecule has 0 saturated carbocycles. The Morgan fingerprint density at radius 3 is 2.04 bits per heavy atom. The van der Waals surface area contributed by atoms with Crippen molar-refractivity contribution in [1.82, 2.24) is 10.6 Å². The Bertz CT molecular complexity index is 774. The lowest BCUT2D eigenvalue weighted by atomic mass is 10.1. The Balaban J connectivity index is 1.86. The quantitative estimate of drug-likeness (QED) is 0.735. The summed E-state index contributed by atoms with van der Waals surface area (Å²) in [5.74, 6) is 0.0606. The molecule has 4 nitrogen and oxygen atoms in total. The number of halogens is 2. The summed E-state index contributed by atoms with van der Waals surface area (Å²) in [6.45, 7) is 5.14. The molecule has 0 aliphatic rings. The molecule has 0 saturated heterocycles. The fraction of sp³-hybridized carbons (Fsp3) is 0.300. The number of hydrogen-bond donors (Lipinski definition) is 2. The normalized spacial score (nSPS) is 10.7. The van der Waals surface area contributed by atoms with Crippen LogP contribution in [0.25, 0.3) is 0 Å². The van der Waals surface area contributed by atoms with Crippen molar-refractivity contribution in [3.05, 3.63) is 69.2 Å².